The van der Waals surface area contributed by atoms with E-state index < -0.39 is 9.52 Å². The van der Waals surface area contributed by atoms with Crippen molar-refractivity contribution in [1.29, 1.82) is 0 Å². The molecule has 0 aromatic rings. The van der Waals surface area contributed by atoms with Crippen molar-refractivity contribution in [3.8, 4) is 0 Å². The van der Waals surface area contributed by atoms with Gasteiger partial charge in [0.2, 0.25) is 0 Å². The minimum absolute atomic E-state index is 0. The van der Waals surface area contributed by atoms with Gasteiger partial charge in [0, 0.05) is 11.5 Å². The minimum atomic E-state index is -1.60. The molecular formula is C14H33NOS. The molecule has 2 heterocycles. The molecule has 0 radical (unpaired) electrons. The molecule has 0 saturated carbocycles. The van der Waals surface area contributed by atoms with E-state index in [1.54, 1.807) is 0 Å². The van der Waals surface area contributed by atoms with E-state index in [2.05, 4.69) is 25.0 Å². The Morgan fingerprint density at radius 2 is 1.59 bits per heavy atom. The van der Waals surface area contributed by atoms with Crippen LogP contribution in [0.1, 0.15) is 48.0 Å². The summed E-state index contributed by atoms with van der Waals surface area (Å²) < 4.78 is 11.1. The molecule has 1 N–H and O–H groups in total. The fourth-order valence-corrected chi connectivity index (χ4v) is 4.27. The second-order valence-electron chi connectivity index (χ2n) is 5.16. The van der Waals surface area contributed by atoms with Crippen LogP contribution in [-0.2, 0) is 9.52 Å². The number of rotatable bonds is 0. The summed E-state index contributed by atoms with van der Waals surface area (Å²) in [6.45, 7) is 6.93. The highest BCUT2D eigenvalue weighted by molar-refractivity contribution is 8.00. The monoisotopic (exact) mass is 263 g/mol. The van der Waals surface area contributed by atoms with Gasteiger partial charge < -0.3 is 5.32 Å². The van der Waals surface area contributed by atoms with Crippen molar-refractivity contribution < 1.29 is 4.21 Å². The number of hydrogen-bond acceptors (Lipinski definition) is 2. The van der Waals surface area contributed by atoms with Crippen LogP contribution in [0, 0.1) is 11.8 Å². The molecule has 1 unspecified atom stereocenters. The molecule has 17 heavy (non-hydrogen) atoms. The molecule has 106 valence electrons. The summed E-state index contributed by atoms with van der Waals surface area (Å²) in [4.78, 5) is 0. The number of hydrogen-bond donors (Lipinski definition) is 1. The van der Waals surface area contributed by atoms with Crippen molar-refractivity contribution in [1.82, 2.24) is 5.32 Å². The molecule has 2 fully saturated rings. The summed E-state index contributed by atoms with van der Waals surface area (Å²) in [7, 11) is -1.60. The molecule has 2 aliphatic rings. The maximum Gasteiger partial charge on any atom is 0.0184 e. The normalized spacial score (nSPS) is 32.7. The quantitative estimate of drug-likeness (QED) is 0.681. The predicted molar refractivity (Wildman–Crippen MR) is 83.5 cm³/mol. The lowest BCUT2D eigenvalue weighted by molar-refractivity contribution is 0.402. The Morgan fingerprint density at radius 1 is 1.06 bits per heavy atom. The molecule has 2 aliphatic heterocycles. The van der Waals surface area contributed by atoms with Gasteiger partial charge in [0.25, 0.3) is 0 Å². The van der Waals surface area contributed by atoms with Crippen LogP contribution in [0.2, 0.25) is 0 Å². The Kier molecular flexibility index (Phi) is 10.2. The van der Waals surface area contributed by atoms with Crippen molar-refractivity contribution >= 4 is 15.4 Å². The molecule has 0 spiro atoms. The predicted octanol–water partition coefficient (Wildman–Crippen LogP) is 3.02. The van der Waals surface area contributed by atoms with Crippen LogP contribution in [0.4, 0.5) is 0 Å². The van der Waals surface area contributed by atoms with E-state index in [-0.39, 0.29) is 14.9 Å². The summed E-state index contributed by atoms with van der Waals surface area (Å²) in [6.07, 6.45) is 3.86. The van der Waals surface area contributed by atoms with Crippen LogP contribution in [0.5, 0.6) is 0 Å². The summed E-state index contributed by atoms with van der Waals surface area (Å²) in [5.41, 5.74) is 0. The summed E-state index contributed by atoms with van der Waals surface area (Å²) >= 11 is 0. The summed E-state index contributed by atoms with van der Waals surface area (Å²) in [5, 5.41) is 3.32. The molecule has 0 aromatic carbocycles. The molecule has 2 atom stereocenters. The average molecular weight is 263 g/mol. The zero-order valence-corrected chi connectivity index (χ0v) is 10.9. The molecule has 0 aromatic heterocycles. The third-order valence-corrected chi connectivity index (χ3v) is 5.35. The lowest BCUT2D eigenvalue weighted by Gasteiger charge is -2.17. The van der Waals surface area contributed by atoms with Gasteiger partial charge in [-0.25, -0.2) is 0 Å². The fraction of sp³-hybridized carbons (Fsp3) is 0.929. The Balaban J connectivity index is 0. The first-order valence-corrected chi connectivity index (χ1v) is 8.09. The summed E-state index contributed by atoms with van der Waals surface area (Å²) in [6, 6.07) is 0. The molecule has 2 nitrogen and oxygen atoms in total. The minimum Gasteiger partial charge on any atom is -0.317 e. The first-order chi connectivity index (χ1) is 6.99. The zero-order chi connectivity index (χ0) is 11.3. The second kappa shape index (κ2) is 8.98. The van der Waals surface area contributed by atoms with E-state index in [9.17, 15) is 4.21 Å². The molecule has 2 saturated heterocycles. The SMILES string of the molecule is C.C.C=S1(=O)CC[C@H](C)C1.CC1CCNCC1. The van der Waals surface area contributed by atoms with Crippen molar-refractivity contribution in [2.45, 2.75) is 48.0 Å². The van der Waals surface area contributed by atoms with E-state index in [0.717, 1.165) is 23.8 Å². The van der Waals surface area contributed by atoms with E-state index >= 15 is 0 Å². The van der Waals surface area contributed by atoms with Crippen LogP contribution in [0.25, 0.3) is 0 Å². The maximum atomic E-state index is 11.1. The van der Waals surface area contributed by atoms with Crippen LogP contribution in [0.15, 0.2) is 0 Å². The van der Waals surface area contributed by atoms with Gasteiger partial charge in [-0.05, 0) is 59.6 Å². The Morgan fingerprint density at radius 3 is 1.76 bits per heavy atom. The van der Waals surface area contributed by atoms with Crippen LogP contribution < -0.4 is 5.32 Å². The number of piperidine rings is 1. The van der Waals surface area contributed by atoms with Gasteiger partial charge in [-0.2, -0.15) is 0 Å². The molecule has 3 heteroatoms. The maximum absolute atomic E-state index is 11.1. The van der Waals surface area contributed by atoms with Crippen molar-refractivity contribution in [2.75, 3.05) is 24.6 Å². The third-order valence-electron chi connectivity index (χ3n) is 3.20. The van der Waals surface area contributed by atoms with Crippen molar-refractivity contribution in [3.05, 3.63) is 0 Å². The Bertz CT molecular complexity index is 266. The number of nitrogens with one attached hydrogen (secondary N) is 1. The lowest BCUT2D eigenvalue weighted by Crippen LogP contribution is -2.26. The molecule has 0 bridgehead atoms. The van der Waals surface area contributed by atoms with Crippen LogP contribution in [-0.4, -0.2) is 34.7 Å². The largest absolute Gasteiger partial charge is 0.317 e. The zero-order valence-electron chi connectivity index (χ0n) is 10.1. The molecule has 0 amide bonds. The van der Waals surface area contributed by atoms with Gasteiger partial charge in [0.15, 0.2) is 0 Å². The van der Waals surface area contributed by atoms with Gasteiger partial charge in [-0.1, -0.05) is 28.7 Å². The highest BCUT2D eigenvalue weighted by Crippen LogP contribution is 2.16. The highest BCUT2D eigenvalue weighted by atomic mass is 32.2. The van der Waals surface area contributed by atoms with Gasteiger partial charge in [-0.15, -0.1) is 0 Å². The third kappa shape index (κ3) is 8.67. The standard InChI is InChI=1S/C6H13N.C6H12OS.2CH4/c1-6-2-4-7-5-3-6;1-6-3-4-8(2,7)5-6;;/h6-7H,2-5H2,1H3;6H,2-5H2,1H3;2*1H4/t;6-,8?;;/m.0../s1. The first kappa shape index (κ1) is 19.3. The summed E-state index contributed by atoms with van der Waals surface area (Å²) in [5.74, 6) is 6.98. The van der Waals surface area contributed by atoms with Gasteiger partial charge in [-0.3, -0.25) is 4.21 Å². The van der Waals surface area contributed by atoms with E-state index in [0.29, 0.717) is 5.92 Å². The molecular weight excluding hydrogens is 230 g/mol. The molecule has 0 aliphatic carbocycles. The fourth-order valence-electron chi connectivity index (χ4n) is 2.07. The van der Waals surface area contributed by atoms with Gasteiger partial charge >= 0.3 is 0 Å². The first-order valence-electron chi connectivity index (χ1n) is 6.03. The average Bonchev–Trinajstić information content (AvgIpc) is 2.46. The smallest absolute Gasteiger partial charge is 0.0184 e. The second-order valence-corrected chi connectivity index (χ2v) is 7.84. The lowest BCUT2D eigenvalue weighted by atomic mass is 10.0. The highest BCUT2D eigenvalue weighted by Gasteiger charge is 2.18. The van der Waals surface area contributed by atoms with Gasteiger partial charge in [0.05, 0.1) is 0 Å². The van der Waals surface area contributed by atoms with E-state index in [1.165, 1.54) is 25.9 Å². The topological polar surface area (TPSA) is 29.1 Å². The van der Waals surface area contributed by atoms with Crippen LogP contribution in [0.3, 0.4) is 0 Å². The Labute approximate surface area is 110 Å². The van der Waals surface area contributed by atoms with E-state index in [4.69, 9.17) is 0 Å². The Hall–Kier alpha value is -0.0200. The van der Waals surface area contributed by atoms with Crippen LogP contribution >= 0.6 is 0 Å². The van der Waals surface area contributed by atoms with E-state index in [1.807, 2.05) is 0 Å². The molecule has 2 rings (SSSR count). The van der Waals surface area contributed by atoms with Gasteiger partial charge in [0.1, 0.15) is 0 Å². The van der Waals surface area contributed by atoms with Crippen molar-refractivity contribution in [3.63, 3.8) is 0 Å². The van der Waals surface area contributed by atoms with Crippen molar-refractivity contribution in [2.24, 2.45) is 11.8 Å².